The number of rotatable bonds is 7. The van der Waals surface area contributed by atoms with Gasteiger partial charge in [-0.25, -0.2) is 0 Å². The second-order valence-corrected chi connectivity index (χ2v) is 4.02. The van der Waals surface area contributed by atoms with Gasteiger partial charge in [-0.15, -0.1) is 0 Å². The van der Waals surface area contributed by atoms with Gasteiger partial charge >= 0.3 is 0 Å². The van der Waals surface area contributed by atoms with Crippen LogP contribution in [0.5, 0.6) is 5.75 Å². The average molecular weight is 237 g/mol. The van der Waals surface area contributed by atoms with E-state index in [4.69, 9.17) is 4.74 Å². The lowest BCUT2D eigenvalue weighted by Gasteiger charge is -2.22. The smallest absolute Gasteiger partial charge is 0.119 e. The molecule has 0 aliphatic heterocycles. The highest BCUT2D eigenvalue weighted by Crippen LogP contribution is 2.21. The van der Waals surface area contributed by atoms with Gasteiger partial charge in [0.15, 0.2) is 0 Å². The van der Waals surface area contributed by atoms with E-state index in [-0.39, 0.29) is 6.04 Å². The number of likely N-dealkylation sites (N-methyl/N-ethyl adjacent to an activating group) is 1. The zero-order valence-corrected chi connectivity index (χ0v) is 10.9. The Balaban J connectivity index is 2.70. The first kappa shape index (κ1) is 14.0. The van der Waals surface area contributed by atoms with Gasteiger partial charge in [-0.05, 0) is 37.6 Å². The van der Waals surface area contributed by atoms with Crippen LogP contribution in [0.15, 0.2) is 24.3 Å². The number of aliphatic hydroxyl groups excluding tert-OH is 1. The van der Waals surface area contributed by atoms with Gasteiger partial charge in [-0.2, -0.15) is 0 Å². The minimum absolute atomic E-state index is 0.109. The van der Waals surface area contributed by atoms with Crippen LogP contribution in [-0.2, 0) is 0 Å². The predicted molar refractivity (Wildman–Crippen MR) is 70.3 cm³/mol. The monoisotopic (exact) mass is 237 g/mol. The topological polar surface area (TPSA) is 41.5 Å². The molecule has 0 bridgehead atoms. The lowest BCUT2D eigenvalue weighted by atomic mass is 10.0. The molecule has 17 heavy (non-hydrogen) atoms. The summed E-state index contributed by atoms with van der Waals surface area (Å²) in [4.78, 5) is 0. The van der Waals surface area contributed by atoms with Crippen molar-refractivity contribution in [3.63, 3.8) is 0 Å². The van der Waals surface area contributed by atoms with Crippen molar-refractivity contribution in [2.75, 3.05) is 13.2 Å². The van der Waals surface area contributed by atoms with E-state index in [2.05, 4.69) is 12.2 Å². The van der Waals surface area contributed by atoms with Crippen molar-refractivity contribution in [2.24, 2.45) is 0 Å². The maximum atomic E-state index is 10.2. The van der Waals surface area contributed by atoms with Crippen LogP contribution < -0.4 is 10.1 Å². The maximum absolute atomic E-state index is 10.2. The standard InChI is InChI=1S/C14H23NO2/c1-4-13(15-5-2)14(16)11-7-9-12(10-8-11)17-6-3/h7-10,13-16H,4-6H2,1-3H3. The van der Waals surface area contributed by atoms with Crippen molar-refractivity contribution in [3.8, 4) is 5.75 Å². The summed E-state index contributed by atoms with van der Waals surface area (Å²) in [5.74, 6) is 0.847. The summed E-state index contributed by atoms with van der Waals surface area (Å²) in [7, 11) is 0. The molecule has 96 valence electrons. The Morgan fingerprint density at radius 3 is 2.29 bits per heavy atom. The van der Waals surface area contributed by atoms with E-state index < -0.39 is 6.10 Å². The molecule has 1 aromatic carbocycles. The molecule has 2 N–H and O–H groups in total. The maximum Gasteiger partial charge on any atom is 0.119 e. The predicted octanol–water partition coefficient (Wildman–Crippen LogP) is 2.51. The minimum atomic E-state index is -0.462. The van der Waals surface area contributed by atoms with E-state index in [0.717, 1.165) is 24.3 Å². The van der Waals surface area contributed by atoms with Gasteiger partial charge in [0.2, 0.25) is 0 Å². The van der Waals surface area contributed by atoms with Crippen LogP contribution in [0, 0.1) is 0 Å². The number of ether oxygens (including phenoxy) is 1. The summed E-state index contributed by atoms with van der Waals surface area (Å²) >= 11 is 0. The largest absolute Gasteiger partial charge is 0.494 e. The Kier molecular flexibility index (Phi) is 6.01. The Morgan fingerprint density at radius 1 is 1.18 bits per heavy atom. The minimum Gasteiger partial charge on any atom is -0.494 e. The van der Waals surface area contributed by atoms with Gasteiger partial charge in [0.05, 0.1) is 12.7 Å². The molecule has 0 aromatic heterocycles. The molecule has 2 unspecified atom stereocenters. The lowest BCUT2D eigenvalue weighted by molar-refractivity contribution is 0.127. The Hall–Kier alpha value is -1.06. The SMILES string of the molecule is CCNC(CC)C(O)c1ccc(OCC)cc1. The molecular weight excluding hydrogens is 214 g/mol. The third-order valence-corrected chi connectivity index (χ3v) is 2.82. The molecule has 1 aromatic rings. The molecule has 3 heteroatoms. The zero-order chi connectivity index (χ0) is 12.7. The van der Waals surface area contributed by atoms with E-state index >= 15 is 0 Å². The van der Waals surface area contributed by atoms with Crippen LogP contribution in [0.2, 0.25) is 0 Å². The summed E-state index contributed by atoms with van der Waals surface area (Å²) in [5.41, 5.74) is 0.932. The van der Waals surface area contributed by atoms with Crippen molar-refractivity contribution >= 4 is 0 Å². The molecule has 1 rings (SSSR count). The van der Waals surface area contributed by atoms with Crippen LogP contribution >= 0.6 is 0 Å². The molecular formula is C14H23NO2. The quantitative estimate of drug-likeness (QED) is 0.765. The average Bonchev–Trinajstić information content (AvgIpc) is 2.36. The van der Waals surface area contributed by atoms with E-state index in [1.807, 2.05) is 38.1 Å². The summed E-state index contributed by atoms with van der Waals surface area (Å²) in [5, 5.41) is 13.5. The molecule has 0 heterocycles. The van der Waals surface area contributed by atoms with Crippen LogP contribution in [0.25, 0.3) is 0 Å². The lowest BCUT2D eigenvalue weighted by Crippen LogP contribution is -2.34. The van der Waals surface area contributed by atoms with Gasteiger partial charge in [0, 0.05) is 6.04 Å². The van der Waals surface area contributed by atoms with E-state index in [1.165, 1.54) is 0 Å². The molecule has 0 spiro atoms. The van der Waals surface area contributed by atoms with Crippen LogP contribution in [0.1, 0.15) is 38.9 Å². The van der Waals surface area contributed by atoms with E-state index in [9.17, 15) is 5.11 Å². The summed E-state index contributed by atoms with van der Waals surface area (Å²) < 4.78 is 5.38. The molecule has 0 aliphatic rings. The van der Waals surface area contributed by atoms with E-state index in [0.29, 0.717) is 6.61 Å². The highest BCUT2D eigenvalue weighted by Gasteiger charge is 2.17. The van der Waals surface area contributed by atoms with Gasteiger partial charge < -0.3 is 15.2 Å². The van der Waals surface area contributed by atoms with Gasteiger partial charge in [0.1, 0.15) is 5.75 Å². The second kappa shape index (κ2) is 7.30. The van der Waals surface area contributed by atoms with Gasteiger partial charge in [0.25, 0.3) is 0 Å². The van der Waals surface area contributed by atoms with Gasteiger partial charge in [-0.1, -0.05) is 26.0 Å². The Morgan fingerprint density at radius 2 is 1.82 bits per heavy atom. The molecule has 0 aliphatic carbocycles. The van der Waals surface area contributed by atoms with Crippen LogP contribution in [-0.4, -0.2) is 24.3 Å². The summed E-state index contributed by atoms with van der Waals surface area (Å²) in [6, 6.07) is 7.77. The Labute approximate surface area is 104 Å². The van der Waals surface area contributed by atoms with Crippen molar-refractivity contribution in [3.05, 3.63) is 29.8 Å². The summed E-state index contributed by atoms with van der Waals surface area (Å²) in [6.45, 7) is 7.61. The van der Waals surface area contributed by atoms with Crippen LogP contribution in [0.4, 0.5) is 0 Å². The third kappa shape index (κ3) is 4.02. The first-order valence-corrected chi connectivity index (χ1v) is 6.37. The van der Waals surface area contributed by atoms with Crippen molar-refractivity contribution in [2.45, 2.75) is 39.3 Å². The first-order valence-electron chi connectivity index (χ1n) is 6.37. The van der Waals surface area contributed by atoms with Crippen molar-refractivity contribution in [1.82, 2.24) is 5.32 Å². The number of hydrogen-bond donors (Lipinski definition) is 2. The van der Waals surface area contributed by atoms with Crippen molar-refractivity contribution < 1.29 is 9.84 Å². The fourth-order valence-corrected chi connectivity index (χ4v) is 1.90. The third-order valence-electron chi connectivity index (χ3n) is 2.82. The fraction of sp³-hybridized carbons (Fsp3) is 0.571. The zero-order valence-electron chi connectivity index (χ0n) is 10.9. The molecule has 0 radical (unpaired) electrons. The fourth-order valence-electron chi connectivity index (χ4n) is 1.90. The first-order chi connectivity index (χ1) is 8.22. The normalized spacial score (nSPS) is 14.4. The molecule has 3 nitrogen and oxygen atoms in total. The number of aliphatic hydroxyl groups is 1. The highest BCUT2D eigenvalue weighted by atomic mass is 16.5. The number of nitrogens with one attached hydrogen (secondary N) is 1. The van der Waals surface area contributed by atoms with Crippen molar-refractivity contribution in [1.29, 1.82) is 0 Å². The van der Waals surface area contributed by atoms with Gasteiger partial charge in [-0.3, -0.25) is 0 Å². The molecule has 0 saturated heterocycles. The van der Waals surface area contributed by atoms with Crippen LogP contribution in [0.3, 0.4) is 0 Å². The number of benzene rings is 1. The Bertz CT molecular complexity index is 311. The molecule has 2 atom stereocenters. The molecule has 0 amide bonds. The summed E-state index contributed by atoms with van der Waals surface area (Å²) in [6.07, 6.45) is 0.443. The molecule has 0 saturated carbocycles. The number of hydrogen-bond acceptors (Lipinski definition) is 3. The molecule has 0 fully saturated rings. The van der Waals surface area contributed by atoms with E-state index in [1.54, 1.807) is 0 Å². The highest BCUT2D eigenvalue weighted by molar-refractivity contribution is 5.29. The second-order valence-electron chi connectivity index (χ2n) is 4.02.